The van der Waals surface area contributed by atoms with Gasteiger partial charge in [-0.3, -0.25) is 4.90 Å². The van der Waals surface area contributed by atoms with Crippen LogP contribution in [0.2, 0.25) is 0 Å². The molecule has 0 amide bonds. The van der Waals surface area contributed by atoms with E-state index in [9.17, 15) is 0 Å². The van der Waals surface area contributed by atoms with E-state index < -0.39 is 0 Å². The average Bonchev–Trinajstić information content (AvgIpc) is 2.93. The summed E-state index contributed by atoms with van der Waals surface area (Å²) in [7, 11) is 0. The van der Waals surface area contributed by atoms with Gasteiger partial charge in [0.15, 0.2) is 0 Å². The molecule has 1 N–H and O–H groups in total. The largest absolute Gasteiger partial charge is 0.310 e. The van der Waals surface area contributed by atoms with E-state index in [1.807, 2.05) is 0 Å². The molecule has 1 aromatic heterocycles. The third-order valence-corrected chi connectivity index (χ3v) is 5.39. The third-order valence-electron chi connectivity index (χ3n) is 3.70. The first-order valence-electron chi connectivity index (χ1n) is 7.47. The van der Waals surface area contributed by atoms with Gasteiger partial charge in [-0.25, -0.2) is 0 Å². The monoisotopic (exact) mass is 366 g/mol. The van der Waals surface area contributed by atoms with Crippen LogP contribution in [0.25, 0.3) is 0 Å². The summed E-state index contributed by atoms with van der Waals surface area (Å²) in [6.45, 7) is 8.51. The Morgan fingerprint density at radius 1 is 1.19 bits per heavy atom. The Morgan fingerprint density at radius 2 is 1.90 bits per heavy atom. The minimum Gasteiger partial charge on any atom is -0.310 e. The van der Waals surface area contributed by atoms with Gasteiger partial charge in [0.05, 0.1) is 0 Å². The highest BCUT2D eigenvalue weighted by Gasteiger charge is 2.17. The first kappa shape index (κ1) is 16.7. The Kier molecular flexibility index (Phi) is 6.90. The van der Waals surface area contributed by atoms with Crippen molar-refractivity contribution in [2.45, 2.75) is 26.4 Å². The van der Waals surface area contributed by atoms with Gasteiger partial charge in [-0.05, 0) is 40.6 Å². The fourth-order valence-corrected chi connectivity index (χ4v) is 4.00. The van der Waals surface area contributed by atoms with E-state index in [4.69, 9.17) is 0 Å². The molecule has 0 fully saturated rings. The first-order chi connectivity index (χ1) is 10.2. The van der Waals surface area contributed by atoms with Crippen molar-refractivity contribution in [3.63, 3.8) is 0 Å². The summed E-state index contributed by atoms with van der Waals surface area (Å²) in [6.07, 6.45) is 0. The second-order valence-electron chi connectivity index (χ2n) is 5.01. The fraction of sp³-hybridized carbons (Fsp3) is 0.412. The van der Waals surface area contributed by atoms with Gasteiger partial charge >= 0.3 is 0 Å². The van der Waals surface area contributed by atoms with E-state index >= 15 is 0 Å². The quantitative estimate of drug-likeness (QED) is 0.729. The molecule has 0 spiro atoms. The minimum absolute atomic E-state index is 0.435. The van der Waals surface area contributed by atoms with Crippen molar-refractivity contribution in [3.8, 4) is 0 Å². The van der Waals surface area contributed by atoms with Crippen molar-refractivity contribution >= 4 is 27.3 Å². The Balaban J connectivity index is 1.99. The minimum atomic E-state index is 0.435. The topological polar surface area (TPSA) is 15.3 Å². The maximum atomic E-state index is 3.61. The molecule has 0 saturated heterocycles. The van der Waals surface area contributed by atoms with Crippen molar-refractivity contribution in [2.24, 2.45) is 0 Å². The van der Waals surface area contributed by atoms with Gasteiger partial charge in [-0.1, -0.05) is 44.2 Å². The van der Waals surface area contributed by atoms with Gasteiger partial charge in [0, 0.05) is 33.9 Å². The maximum Gasteiger partial charge on any atom is 0.0472 e. The Hall–Kier alpha value is -0.680. The zero-order chi connectivity index (χ0) is 15.1. The summed E-state index contributed by atoms with van der Waals surface area (Å²) < 4.78 is 1.17. The number of nitrogens with zero attached hydrogens (tertiary/aromatic N) is 1. The van der Waals surface area contributed by atoms with Gasteiger partial charge in [0.25, 0.3) is 0 Å². The van der Waals surface area contributed by atoms with Gasteiger partial charge in [-0.2, -0.15) is 0 Å². The first-order valence-corrected chi connectivity index (χ1v) is 9.14. The fourth-order valence-electron chi connectivity index (χ4n) is 2.58. The predicted molar refractivity (Wildman–Crippen MR) is 95.8 cm³/mol. The molecule has 2 rings (SSSR count). The molecule has 0 aliphatic carbocycles. The maximum absolute atomic E-state index is 3.61. The molecule has 1 unspecified atom stereocenters. The summed E-state index contributed by atoms with van der Waals surface area (Å²) in [5, 5.41) is 5.75. The summed E-state index contributed by atoms with van der Waals surface area (Å²) in [4.78, 5) is 3.88. The van der Waals surface area contributed by atoms with E-state index in [0.717, 1.165) is 26.2 Å². The van der Waals surface area contributed by atoms with Crippen molar-refractivity contribution in [2.75, 3.05) is 19.6 Å². The SMILES string of the molecule is CCN(CC)C(CNCc1cc(Br)cs1)c1ccccc1. The van der Waals surface area contributed by atoms with Crippen LogP contribution in [0.3, 0.4) is 0 Å². The summed E-state index contributed by atoms with van der Waals surface area (Å²) >= 11 is 5.30. The molecule has 1 atom stereocenters. The molecule has 4 heteroatoms. The van der Waals surface area contributed by atoms with Crippen molar-refractivity contribution < 1.29 is 0 Å². The molecule has 114 valence electrons. The van der Waals surface area contributed by atoms with Crippen LogP contribution in [-0.4, -0.2) is 24.5 Å². The number of thiophene rings is 1. The Morgan fingerprint density at radius 3 is 2.48 bits per heavy atom. The summed E-state index contributed by atoms with van der Waals surface area (Å²) in [5.41, 5.74) is 1.39. The normalized spacial score (nSPS) is 12.8. The predicted octanol–water partition coefficient (Wildman–Crippen LogP) is 4.68. The lowest BCUT2D eigenvalue weighted by molar-refractivity contribution is 0.213. The van der Waals surface area contributed by atoms with Crippen molar-refractivity contribution in [1.82, 2.24) is 10.2 Å². The van der Waals surface area contributed by atoms with Crippen LogP contribution < -0.4 is 5.32 Å². The molecule has 1 aromatic carbocycles. The lowest BCUT2D eigenvalue weighted by atomic mass is 10.1. The van der Waals surface area contributed by atoms with Crippen LogP contribution in [0, 0.1) is 0 Å². The third kappa shape index (κ3) is 4.92. The van der Waals surface area contributed by atoms with Crippen LogP contribution in [0.5, 0.6) is 0 Å². The lowest BCUT2D eigenvalue weighted by Crippen LogP contribution is -2.35. The number of likely N-dealkylation sites (N-methyl/N-ethyl adjacent to an activating group) is 1. The van der Waals surface area contributed by atoms with Crippen LogP contribution in [0.15, 0.2) is 46.3 Å². The molecule has 0 radical (unpaired) electrons. The molecule has 0 aliphatic rings. The molecule has 0 aliphatic heterocycles. The lowest BCUT2D eigenvalue weighted by Gasteiger charge is -2.30. The summed E-state index contributed by atoms with van der Waals surface area (Å²) in [6, 6.07) is 13.4. The van der Waals surface area contributed by atoms with Crippen LogP contribution >= 0.6 is 27.3 Å². The molecular formula is C17H23BrN2S. The zero-order valence-corrected chi connectivity index (χ0v) is 15.1. The number of hydrogen-bond donors (Lipinski definition) is 1. The summed E-state index contributed by atoms with van der Waals surface area (Å²) in [5.74, 6) is 0. The molecule has 0 saturated carbocycles. The van der Waals surface area contributed by atoms with Crippen LogP contribution in [0.1, 0.15) is 30.3 Å². The standard InChI is InChI=1S/C17H23BrN2S/c1-3-20(4-2)17(14-8-6-5-7-9-14)12-19-11-16-10-15(18)13-21-16/h5-10,13,17,19H,3-4,11-12H2,1-2H3. The molecule has 2 nitrogen and oxygen atoms in total. The highest BCUT2D eigenvalue weighted by Crippen LogP contribution is 2.21. The zero-order valence-electron chi connectivity index (χ0n) is 12.7. The molecule has 1 heterocycles. The highest BCUT2D eigenvalue weighted by molar-refractivity contribution is 9.10. The number of nitrogens with one attached hydrogen (secondary N) is 1. The Bertz CT molecular complexity index is 523. The Labute approximate surface area is 140 Å². The average molecular weight is 367 g/mol. The van der Waals surface area contributed by atoms with Gasteiger partial charge < -0.3 is 5.32 Å². The van der Waals surface area contributed by atoms with Gasteiger partial charge in [-0.15, -0.1) is 11.3 Å². The van der Waals surface area contributed by atoms with Gasteiger partial charge in [0.2, 0.25) is 0 Å². The van der Waals surface area contributed by atoms with E-state index in [1.165, 1.54) is 14.9 Å². The number of benzene rings is 1. The molecule has 2 aromatic rings. The number of hydrogen-bond acceptors (Lipinski definition) is 3. The van der Waals surface area contributed by atoms with E-state index in [2.05, 4.69) is 81.8 Å². The van der Waals surface area contributed by atoms with E-state index in [-0.39, 0.29) is 0 Å². The number of rotatable bonds is 8. The second kappa shape index (κ2) is 8.69. The molecule has 0 bridgehead atoms. The van der Waals surface area contributed by atoms with Gasteiger partial charge in [0.1, 0.15) is 0 Å². The van der Waals surface area contributed by atoms with E-state index in [0.29, 0.717) is 6.04 Å². The smallest absolute Gasteiger partial charge is 0.0472 e. The van der Waals surface area contributed by atoms with Crippen molar-refractivity contribution in [3.05, 3.63) is 56.7 Å². The van der Waals surface area contributed by atoms with Crippen molar-refractivity contribution in [1.29, 1.82) is 0 Å². The molecular weight excluding hydrogens is 344 g/mol. The number of halogens is 1. The van der Waals surface area contributed by atoms with Crippen LogP contribution in [-0.2, 0) is 6.54 Å². The second-order valence-corrected chi connectivity index (χ2v) is 6.92. The van der Waals surface area contributed by atoms with E-state index in [1.54, 1.807) is 11.3 Å². The highest BCUT2D eigenvalue weighted by atomic mass is 79.9. The molecule has 21 heavy (non-hydrogen) atoms. The van der Waals surface area contributed by atoms with Crippen LogP contribution in [0.4, 0.5) is 0 Å².